The van der Waals surface area contributed by atoms with Gasteiger partial charge in [-0.2, -0.15) is 36.3 Å². The normalized spacial score (nSPS) is 11.3. The minimum atomic E-state index is -5.05. The van der Waals surface area contributed by atoms with E-state index in [9.17, 15) is 44.7 Å². The average Bonchev–Trinajstić information content (AvgIpc) is 2.97. The van der Waals surface area contributed by atoms with Gasteiger partial charge in [0.05, 0.1) is 25.3 Å². The van der Waals surface area contributed by atoms with Crippen LogP contribution in [0.5, 0.6) is 34.8 Å². The van der Waals surface area contributed by atoms with Gasteiger partial charge in [-0.1, -0.05) is 23.2 Å². The van der Waals surface area contributed by atoms with Crippen LogP contribution in [0.4, 0.5) is 35.1 Å². The third-order valence-corrected chi connectivity index (χ3v) is 6.25. The van der Waals surface area contributed by atoms with Crippen molar-refractivity contribution >= 4 is 46.0 Å². The average molecular weight is 750 g/mol. The molecule has 0 fully saturated rings. The van der Waals surface area contributed by atoms with E-state index < -0.39 is 69.0 Å². The van der Waals surface area contributed by atoms with Gasteiger partial charge in [0, 0.05) is 0 Å². The molecule has 0 radical (unpaired) electrons. The number of nitrogens with zero attached hydrogens (tertiary/aromatic N) is 2. The number of rotatable bonds is 8. The van der Waals surface area contributed by atoms with Gasteiger partial charge in [-0.25, -0.2) is 13.6 Å². The summed E-state index contributed by atoms with van der Waals surface area (Å²) in [6.45, 7) is 0. The summed E-state index contributed by atoms with van der Waals surface area (Å²) < 4.78 is 124. The summed E-state index contributed by atoms with van der Waals surface area (Å²) in [5.41, 5.74) is -5.67. The molecule has 0 aliphatic carbocycles. The van der Waals surface area contributed by atoms with Crippen LogP contribution in [0.15, 0.2) is 48.5 Å². The summed E-state index contributed by atoms with van der Waals surface area (Å²) in [7, 11) is 2.46. The summed E-state index contributed by atoms with van der Waals surface area (Å²) in [5, 5.41) is 7.68. The second-order valence-electron chi connectivity index (χ2n) is 8.66. The molecule has 0 unspecified atom stereocenters. The fraction of sp³-hybridized carbons (Fsp3) is 0.143. The number of hydrogen-bond donors (Lipinski definition) is 1. The summed E-state index contributed by atoms with van der Waals surface area (Å²) in [5.74, 6) is -7.39. The van der Waals surface area contributed by atoms with Crippen LogP contribution in [0.3, 0.4) is 0 Å². The Morgan fingerprint density at radius 1 is 0.646 bits per heavy atom. The van der Waals surface area contributed by atoms with Gasteiger partial charge in [0.25, 0.3) is 17.0 Å². The van der Waals surface area contributed by atoms with Crippen LogP contribution in [0, 0.1) is 11.6 Å². The second kappa shape index (κ2) is 15.1. The molecule has 0 amide bonds. The molecule has 1 N–H and O–H groups in total. The Bertz CT molecular complexity index is 1720. The lowest BCUT2D eigenvalue weighted by Gasteiger charge is -2.15. The monoisotopic (exact) mass is 748 g/mol. The van der Waals surface area contributed by atoms with E-state index in [4.69, 9.17) is 58.9 Å². The Labute approximate surface area is 278 Å². The van der Waals surface area contributed by atoms with Gasteiger partial charge >= 0.3 is 18.3 Å². The highest BCUT2D eigenvalue weighted by Crippen LogP contribution is 2.40. The molecule has 48 heavy (non-hydrogen) atoms. The number of alkyl halides is 6. The summed E-state index contributed by atoms with van der Waals surface area (Å²) >= 11 is 16.5. The van der Waals surface area contributed by atoms with Gasteiger partial charge < -0.3 is 24.1 Å². The fourth-order valence-electron chi connectivity index (χ4n) is 3.60. The number of carboxylic acid groups (broad SMARTS) is 1. The van der Waals surface area contributed by atoms with Crippen LogP contribution in [0.1, 0.15) is 31.8 Å². The standard InChI is InChI=1S/C14H7Cl2F4NO3.C14H8ClF4NO4/c1-23-13-8(4-5-9(15)21-13)24-7-3-2-6(14(18,19)20)11(17)10(7)12(16)22;1-23-12-8(4-5-9(15)20-12)24-7-3-2-6(14(17,18)19)11(16)10(7)13(21)22/h2-5H,1H3;2-5H,1H3,(H,21,22). The number of carbonyl (C=O) groups is 2. The van der Waals surface area contributed by atoms with Gasteiger partial charge in [-0.05, 0) is 60.1 Å². The molecule has 2 aromatic heterocycles. The van der Waals surface area contributed by atoms with Gasteiger partial charge in [0.1, 0.15) is 32.9 Å². The fourth-order valence-corrected chi connectivity index (χ4v) is 4.06. The van der Waals surface area contributed by atoms with Crippen molar-refractivity contribution in [2.24, 2.45) is 0 Å². The first kappa shape index (κ1) is 37.8. The van der Waals surface area contributed by atoms with Crippen molar-refractivity contribution in [1.29, 1.82) is 0 Å². The number of methoxy groups -OCH3 is 2. The zero-order valence-corrected chi connectivity index (χ0v) is 25.8. The summed E-state index contributed by atoms with van der Waals surface area (Å²) in [6, 6.07) is 7.40. The number of carboxylic acids is 1. The number of aromatic carboxylic acids is 1. The van der Waals surface area contributed by atoms with Crippen LogP contribution in [0.25, 0.3) is 0 Å². The van der Waals surface area contributed by atoms with Crippen molar-refractivity contribution in [3.05, 3.63) is 92.7 Å². The maximum Gasteiger partial charge on any atom is 0.419 e. The Balaban J connectivity index is 0.000000260. The zero-order valence-electron chi connectivity index (χ0n) is 23.6. The molecule has 0 aliphatic heterocycles. The van der Waals surface area contributed by atoms with Crippen LogP contribution in [-0.2, 0) is 12.4 Å². The van der Waals surface area contributed by atoms with E-state index in [2.05, 4.69) is 9.97 Å². The van der Waals surface area contributed by atoms with E-state index >= 15 is 0 Å². The van der Waals surface area contributed by atoms with Gasteiger partial charge in [0.15, 0.2) is 23.1 Å². The summed E-state index contributed by atoms with van der Waals surface area (Å²) in [4.78, 5) is 30.0. The molecule has 20 heteroatoms. The number of benzene rings is 2. The predicted octanol–water partition coefficient (Wildman–Crippen LogP) is 9.46. The molecular weight excluding hydrogens is 735 g/mol. The van der Waals surface area contributed by atoms with Gasteiger partial charge in [-0.3, -0.25) is 4.79 Å². The molecular formula is C28H15Cl3F8N2O7. The Morgan fingerprint density at radius 2 is 1.00 bits per heavy atom. The molecule has 0 saturated carbocycles. The molecule has 256 valence electrons. The Hall–Kier alpha value is -4.61. The van der Waals surface area contributed by atoms with Crippen molar-refractivity contribution in [1.82, 2.24) is 9.97 Å². The van der Waals surface area contributed by atoms with E-state index in [1.165, 1.54) is 38.5 Å². The highest BCUT2D eigenvalue weighted by Gasteiger charge is 2.38. The van der Waals surface area contributed by atoms with Crippen molar-refractivity contribution in [3.63, 3.8) is 0 Å². The van der Waals surface area contributed by atoms with Gasteiger partial charge in [0.2, 0.25) is 0 Å². The predicted molar refractivity (Wildman–Crippen MR) is 152 cm³/mol. The molecule has 0 aliphatic rings. The molecule has 0 saturated heterocycles. The molecule has 9 nitrogen and oxygen atoms in total. The van der Waals surface area contributed by atoms with Crippen molar-refractivity contribution in [3.8, 4) is 34.8 Å². The first-order valence-corrected chi connectivity index (χ1v) is 13.4. The minimum absolute atomic E-state index is 0.0382. The lowest BCUT2D eigenvalue weighted by atomic mass is 10.1. The number of hydrogen-bond acceptors (Lipinski definition) is 8. The van der Waals surface area contributed by atoms with E-state index in [0.717, 1.165) is 6.07 Å². The third-order valence-electron chi connectivity index (χ3n) is 5.64. The first-order valence-electron chi connectivity index (χ1n) is 12.3. The number of carbonyl (C=O) groups excluding carboxylic acids is 1. The van der Waals surface area contributed by atoms with Crippen LogP contribution >= 0.6 is 34.8 Å². The lowest BCUT2D eigenvalue weighted by Crippen LogP contribution is -2.13. The first-order chi connectivity index (χ1) is 22.3. The number of halogens is 11. The van der Waals surface area contributed by atoms with E-state index in [1.54, 1.807) is 0 Å². The molecule has 0 atom stereocenters. The highest BCUT2D eigenvalue weighted by molar-refractivity contribution is 6.68. The van der Waals surface area contributed by atoms with Crippen LogP contribution in [0.2, 0.25) is 10.3 Å². The topological polar surface area (TPSA) is 117 Å². The molecule has 4 rings (SSSR count). The Kier molecular flexibility index (Phi) is 11.9. The van der Waals surface area contributed by atoms with Crippen LogP contribution < -0.4 is 18.9 Å². The van der Waals surface area contributed by atoms with Crippen LogP contribution in [-0.4, -0.2) is 40.5 Å². The Morgan fingerprint density at radius 3 is 1.33 bits per heavy atom. The molecule has 2 aromatic carbocycles. The van der Waals surface area contributed by atoms with E-state index in [1.807, 2.05) is 0 Å². The number of ether oxygens (including phenoxy) is 4. The van der Waals surface area contributed by atoms with E-state index in [-0.39, 0.29) is 33.6 Å². The van der Waals surface area contributed by atoms with Crippen molar-refractivity contribution in [2.75, 3.05) is 14.2 Å². The van der Waals surface area contributed by atoms with E-state index in [0.29, 0.717) is 18.2 Å². The molecule has 4 aromatic rings. The zero-order chi connectivity index (χ0) is 36.1. The van der Waals surface area contributed by atoms with Gasteiger partial charge in [-0.15, -0.1) is 0 Å². The SMILES string of the molecule is COc1nc(Cl)ccc1Oc1ccc(C(F)(F)F)c(F)c1C(=O)Cl.COc1nc(Cl)ccc1Oc1ccc(C(F)(F)F)c(F)c1C(=O)O. The quantitative estimate of drug-likeness (QED) is 0.107. The highest BCUT2D eigenvalue weighted by atomic mass is 35.5. The summed E-state index contributed by atoms with van der Waals surface area (Å²) in [6.07, 6.45) is -10.0. The molecule has 0 bridgehead atoms. The molecule has 0 spiro atoms. The molecule has 2 heterocycles. The maximum absolute atomic E-state index is 14.1. The second-order valence-corrected chi connectivity index (χ2v) is 9.78. The van der Waals surface area contributed by atoms with Crippen molar-refractivity contribution in [2.45, 2.75) is 12.4 Å². The third kappa shape index (κ3) is 8.84. The minimum Gasteiger partial charge on any atom is -0.478 e. The maximum atomic E-state index is 14.1. The largest absolute Gasteiger partial charge is 0.478 e. The number of aromatic nitrogens is 2. The lowest BCUT2D eigenvalue weighted by molar-refractivity contribution is -0.140. The number of pyridine rings is 2. The smallest absolute Gasteiger partial charge is 0.419 e. The van der Waals surface area contributed by atoms with Crippen molar-refractivity contribution < 1.29 is 68.8 Å².